The third kappa shape index (κ3) is 6.62. The van der Waals surface area contributed by atoms with Gasteiger partial charge in [0.1, 0.15) is 17.1 Å². The van der Waals surface area contributed by atoms with E-state index in [9.17, 15) is 24.5 Å². The Balaban J connectivity index is 1.62. The standard InChI is InChI=1S/C23H17ClN4O7/c1-34-20-10-9-15(24)12-18(20)26-21(29)22(30)27-25-13-14-5-4-6-16(11-14)35-23(31)17-7-2-3-8-19(17)28(32)33/h2-13H,1H3,(H,26,29)(H,27,30). The minimum atomic E-state index is -1.05. The molecule has 0 aliphatic carbocycles. The molecule has 3 aromatic carbocycles. The number of carbonyl (C=O) groups is 3. The lowest BCUT2D eigenvalue weighted by Crippen LogP contribution is -2.32. The monoisotopic (exact) mass is 496 g/mol. The SMILES string of the molecule is COc1ccc(Cl)cc1NC(=O)C(=O)NN=Cc1cccc(OC(=O)c2ccccc2[N+](=O)[O-])c1. The van der Waals surface area contributed by atoms with Gasteiger partial charge in [-0.3, -0.25) is 19.7 Å². The van der Waals surface area contributed by atoms with E-state index in [1.165, 1.54) is 61.9 Å². The van der Waals surface area contributed by atoms with Crippen LogP contribution in [0.25, 0.3) is 0 Å². The number of rotatable bonds is 7. The molecule has 0 saturated carbocycles. The van der Waals surface area contributed by atoms with Gasteiger partial charge in [-0.2, -0.15) is 5.10 Å². The van der Waals surface area contributed by atoms with Crippen LogP contribution < -0.4 is 20.2 Å². The number of nitro benzene ring substituents is 1. The third-order valence-electron chi connectivity index (χ3n) is 4.38. The van der Waals surface area contributed by atoms with E-state index < -0.39 is 22.7 Å². The molecule has 0 radical (unpaired) electrons. The Morgan fingerprint density at radius 3 is 2.54 bits per heavy atom. The summed E-state index contributed by atoms with van der Waals surface area (Å²) in [7, 11) is 1.40. The number of nitrogens with zero attached hydrogens (tertiary/aromatic N) is 2. The van der Waals surface area contributed by atoms with Gasteiger partial charge in [-0.1, -0.05) is 35.9 Å². The van der Waals surface area contributed by atoms with Crippen molar-refractivity contribution in [3.05, 3.63) is 93.0 Å². The molecule has 0 fully saturated rings. The number of carbonyl (C=O) groups excluding carboxylic acids is 3. The van der Waals surface area contributed by atoms with E-state index in [0.717, 1.165) is 0 Å². The van der Waals surface area contributed by atoms with Crippen molar-refractivity contribution in [1.82, 2.24) is 5.43 Å². The Bertz CT molecular complexity index is 1330. The molecule has 0 spiro atoms. The number of halogens is 1. The predicted octanol–water partition coefficient (Wildman–Crippen LogP) is 3.56. The lowest BCUT2D eigenvalue weighted by molar-refractivity contribution is -0.385. The Kier molecular flexibility index (Phi) is 8.09. The summed E-state index contributed by atoms with van der Waals surface area (Å²) in [6, 6.07) is 15.9. The summed E-state index contributed by atoms with van der Waals surface area (Å²) in [6.45, 7) is 0. The summed E-state index contributed by atoms with van der Waals surface area (Å²) in [5.41, 5.74) is 2.10. The topological polar surface area (TPSA) is 149 Å². The fourth-order valence-electron chi connectivity index (χ4n) is 2.80. The van der Waals surface area contributed by atoms with Crippen molar-refractivity contribution in [3.8, 4) is 11.5 Å². The second kappa shape index (κ2) is 11.4. The second-order valence-electron chi connectivity index (χ2n) is 6.73. The van der Waals surface area contributed by atoms with E-state index in [0.29, 0.717) is 16.3 Å². The maximum atomic E-state index is 12.4. The highest BCUT2D eigenvalue weighted by Crippen LogP contribution is 2.27. The van der Waals surface area contributed by atoms with Gasteiger partial charge in [-0.15, -0.1) is 0 Å². The Morgan fingerprint density at radius 1 is 1.03 bits per heavy atom. The number of methoxy groups -OCH3 is 1. The number of benzene rings is 3. The Hall–Kier alpha value is -4.77. The number of amides is 2. The van der Waals surface area contributed by atoms with Crippen molar-refractivity contribution >= 4 is 47.0 Å². The zero-order chi connectivity index (χ0) is 25.4. The molecule has 0 saturated heterocycles. The van der Waals surface area contributed by atoms with E-state index in [4.69, 9.17) is 21.1 Å². The first-order chi connectivity index (χ1) is 16.8. The van der Waals surface area contributed by atoms with E-state index in [2.05, 4.69) is 15.8 Å². The first kappa shape index (κ1) is 24.9. The predicted molar refractivity (Wildman–Crippen MR) is 127 cm³/mol. The van der Waals surface area contributed by atoms with Gasteiger partial charge in [0.15, 0.2) is 0 Å². The van der Waals surface area contributed by atoms with Gasteiger partial charge in [0, 0.05) is 11.1 Å². The van der Waals surface area contributed by atoms with Crippen molar-refractivity contribution in [1.29, 1.82) is 0 Å². The number of hydrogen-bond acceptors (Lipinski definition) is 8. The summed E-state index contributed by atoms with van der Waals surface area (Å²) in [5.74, 6) is -2.56. The maximum Gasteiger partial charge on any atom is 0.350 e. The molecule has 2 amide bonds. The Labute approximate surface area is 203 Å². The van der Waals surface area contributed by atoms with Crippen LogP contribution in [0.3, 0.4) is 0 Å². The van der Waals surface area contributed by atoms with Crippen molar-refractivity contribution in [2.24, 2.45) is 5.10 Å². The van der Waals surface area contributed by atoms with Gasteiger partial charge in [0.05, 0.1) is 23.9 Å². The molecular formula is C23H17ClN4O7. The molecule has 12 heteroatoms. The molecule has 2 N–H and O–H groups in total. The fraction of sp³-hybridized carbons (Fsp3) is 0.0435. The summed E-state index contributed by atoms with van der Waals surface area (Å²) >= 11 is 5.90. The normalized spacial score (nSPS) is 10.5. The highest BCUT2D eigenvalue weighted by atomic mass is 35.5. The highest BCUT2D eigenvalue weighted by Gasteiger charge is 2.21. The van der Waals surface area contributed by atoms with E-state index in [-0.39, 0.29) is 22.7 Å². The average molecular weight is 497 g/mol. The lowest BCUT2D eigenvalue weighted by Gasteiger charge is -2.09. The van der Waals surface area contributed by atoms with Gasteiger partial charge < -0.3 is 14.8 Å². The van der Waals surface area contributed by atoms with Crippen LogP contribution in [-0.2, 0) is 9.59 Å². The number of anilines is 1. The van der Waals surface area contributed by atoms with Crippen LogP contribution in [-0.4, -0.2) is 36.0 Å². The van der Waals surface area contributed by atoms with Crippen LogP contribution in [0.5, 0.6) is 11.5 Å². The van der Waals surface area contributed by atoms with Crippen molar-refractivity contribution < 1.29 is 28.8 Å². The fourth-order valence-corrected chi connectivity index (χ4v) is 2.97. The van der Waals surface area contributed by atoms with Crippen LogP contribution in [0.4, 0.5) is 11.4 Å². The molecule has 0 bridgehead atoms. The summed E-state index contributed by atoms with van der Waals surface area (Å²) in [4.78, 5) is 47.0. The molecule has 35 heavy (non-hydrogen) atoms. The minimum absolute atomic E-state index is 0.0919. The Morgan fingerprint density at radius 2 is 1.80 bits per heavy atom. The van der Waals surface area contributed by atoms with Crippen molar-refractivity contribution in [3.63, 3.8) is 0 Å². The highest BCUT2D eigenvalue weighted by molar-refractivity contribution is 6.40. The molecular weight excluding hydrogens is 480 g/mol. The summed E-state index contributed by atoms with van der Waals surface area (Å²) in [5, 5.41) is 17.5. The van der Waals surface area contributed by atoms with Gasteiger partial charge in [-0.05, 0) is 42.0 Å². The molecule has 0 heterocycles. The van der Waals surface area contributed by atoms with E-state index >= 15 is 0 Å². The zero-order valence-corrected chi connectivity index (χ0v) is 18.8. The van der Waals surface area contributed by atoms with Crippen LogP contribution in [0.15, 0.2) is 71.8 Å². The molecule has 3 rings (SSSR count). The van der Waals surface area contributed by atoms with Crippen LogP contribution in [0.1, 0.15) is 15.9 Å². The molecule has 0 aromatic heterocycles. The van der Waals surface area contributed by atoms with Crippen LogP contribution in [0, 0.1) is 10.1 Å². The number of hydrogen-bond donors (Lipinski definition) is 2. The number of ether oxygens (including phenoxy) is 2. The first-order valence-corrected chi connectivity index (χ1v) is 10.2. The number of nitrogens with one attached hydrogen (secondary N) is 2. The number of esters is 1. The van der Waals surface area contributed by atoms with Gasteiger partial charge in [0.25, 0.3) is 5.69 Å². The largest absolute Gasteiger partial charge is 0.495 e. The van der Waals surface area contributed by atoms with Crippen LogP contribution >= 0.6 is 11.6 Å². The minimum Gasteiger partial charge on any atom is -0.495 e. The van der Waals surface area contributed by atoms with Gasteiger partial charge in [0.2, 0.25) is 0 Å². The average Bonchev–Trinajstić information content (AvgIpc) is 2.84. The van der Waals surface area contributed by atoms with Crippen molar-refractivity contribution in [2.45, 2.75) is 0 Å². The maximum absolute atomic E-state index is 12.4. The van der Waals surface area contributed by atoms with Crippen molar-refractivity contribution in [2.75, 3.05) is 12.4 Å². The number of hydrazone groups is 1. The third-order valence-corrected chi connectivity index (χ3v) is 4.62. The first-order valence-electron chi connectivity index (χ1n) is 9.82. The number of para-hydroxylation sites is 1. The molecule has 0 atom stereocenters. The van der Waals surface area contributed by atoms with Gasteiger partial charge >= 0.3 is 17.8 Å². The zero-order valence-electron chi connectivity index (χ0n) is 18.1. The molecule has 0 aliphatic heterocycles. The molecule has 3 aromatic rings. The van der Waals surface area contributed by atoms with Crippen LogP contribution in [0.2, 0.25) is 5.02 Å². The lowest BCUT2D eigenvalue weighted by atomic mass is 10.2. The molecule has 0 aliphatic rings. The molecule has 0 unspecified atom stereocenters. The molecule has 11 nitrogen and oxygen atoms in total. The summed E-state index contributed by atoms with van der Waals surface area (Å²) in [6.07, 6.45) is 1.22. The summed E-state index contributed by atoms with van der Waals surface area (Å²) < 4.78 is 10.3. The quantitative estimate of drug-likeness (QED) is 0.127. The molecule has 178 valence electrons. The van der Waals surface area contributed by atoms with Gasteiger partial charge in [-0.25, -0.2) is 10.2 Å². The second-order valence-corrected chi connectivity index (χ2v) is 7.17. The van der Waals surface area contributed by atoms with E-state index in [1.54, 1.807) is 18.2 Å². The number of nitro groups is 1. The van der Waals surface area contributed by atoms with E-state index in [1.807, 2.05) is 0 Å². The smallest absolute Gasteiger partial charge is 0.350 e.